The van der Waals surface area contributed by atoms with Crippen LogP contribution in [0, 0.1) is 0 Å². The highest BCUT2D eigenvalue weighted by Crippen LogP contribution is 2.27. The lowest BCUT2D eigenvalue weighted by Gasteiger charge is -2.46. The zero-order chi connectivity index (χ0) is 13.3. The molecular weight excluding hydrogens is 232 g/mol. The SMILES string of the molecule is CC(C)(C)OC(=O)N1CCN[C@H]2[C@H](O)CCC[C@H]21. The van der Waals surface area contributed by atoms with E-state index in [9.17, 15) is 9.90 Å². The summed E-state index contributed by atoms with van der Waals surface area (Å²) < 4.78 is 5.44. The van der Waals surface area contributed by atoms with Gasteiger partial charge in [-0.1, -0.05) is 0 Å². The molecule has 1 saturated carbocycles. The predicted octanol–water partition coefficient (Wildman–Crippen LogP) is 1.11. The number of ether oxygens (including phenoxy) is 1. The van der Waals surface area contributed by atoms with Gasteiger partial charge in [0.05, 0.1) is 18.2 Å². The van der Waals surface area contributed by atoms with Gasteiger partial charge in [-0.25, -0.2) is 4.79 Å². The van der Waals surface area contributed by atoms with E-state index in [1.54, 1.807) is 4.90 Å². The van der Waals surface area contributed by atoms with Gasteiger partial charge in [0.1, 0.15) is 5.60 Å². The maximum absolute atomic E-state index is 12.2. The van der Waals surface area contributed by atoms with Gasteiger partial charge in [-0.15, -0.1) is 0 Å². The van der Waals surface area contributed by atoms with Crippen molar-refractivity contribution in [2.75, 3.05) is 13.1 Å². The molecule has 5 nitrogen and oxygen atoms in total. The van der Waals surface area contributed by atoms with E-state index >= 15 is 0 Å². The Labute approximate surface area is 108 Å². The molecule has 104 valence electrons. The maximum Gasteiger partial charge on any atom is 0.410 e. The average Bonchev–Trinajstić information content (AvgIpc) is 2.26. The monoisotopic (exact) mass is 256 g/mol. The van der Waals surface area contributed by atoms with Crippen molar-refractivity contribution in [2.24, 2.45) is 0 Å². The summed E-state index contributed by atoms with van der Waals surface area (Å²) in [5.74, 6) is 0. The molecule has 2 fully saturated rings. The second-order valence-corrected chi connectivity index (χ2v) is 6.22. The van der Waals surface area contributed by atoms with Crippen LogP contribution in [0.1, 0.15) is 40.0 Å². The molecule has 1 amide bonds. The lowest BCUT2D eigenvalue weighted by molar-refractivity contribution is -0.0235. The Bertz CT molecular complexity index is 314. The Hall–Kier alpha value is -0.810. The molecule has 1 saturated heterocycles. The summed E-state index contributed by atoms with van der Waals surface area (Å²) in [5, 5.41) is 13.3. The highest BCUT2D eigenvalue weighted by atomic mass is 16.6. The topological polar surface area (TPSA) is 61.8 Å². The molecule has 1 aliphatic carbocycles. The number of piperazine rings is 1. The minimum Gasteiger partial charge on any atom is -0.444 e. The Kier molecular flexibility index (Phi) is 3.82. The lowest BCUT2D eigenvalue weighted by Crippen LogP contribution is -2.65. The first-order chi connectivity index (χ1) is 8.38. The summed E-state index contributed by atoms with van der Waals surface area (Å²) in [6.45, 7) is 7.00. The van der Waals surface area contributed by atoms with Gasteiger partial charge in [0, 0.05) is 13.1 Å². The Balaban J connectivity index is 2.05. The van der Waals surface area contributed by atoms with Crippen LogP contribution in [0.4, 0.5) is 4.79 Å². The second-order valence-electron chi connectivity index (χ2n) is 6.22. The van der Waals surface area contributed by atoms with Crippen molar-refractivity contribution < 1.29 is 14.6 Å². The molecule has 0 aromatic carbocycles. The molecule has 0 aromatic rings. The average molecular weight is 256 g/mol. The minimum atomic E-state index is -0.468. The fourth-order valence-corrected chi connectivity index (χ4v) is 2.84. The van der Waals surface area contributed by atoms with Gasteiger partial charge in [0.25, 0.3) is 0 Å². The normalized spacial score (nSPS) is 32.9. The van der Waals surface area contributed by atoms with Gasteiger partial charge in [0.15, 0.2) is 0 Å². The summed E-state index contributed by atoms with van der Waals surface area (Å²) in [5.41, 5.74) is -0.468. The number of carbonyl (C=O) groups excluding carboxylic acids is 1. The molecule has 3 atom stereocenters. The number of nitrogens with zero attached hydrogens (tertiary/aromatic N) is 1. The molecule has 0 unspecified atom stereocenters. The number of aliphatic hydroxyl groups excluding tert-OH is 1. The molecule has 0 radical (unpaired) electrons. The largest absolute Gasteiger partial charge is 0.444 e. The van der Waals surface area contributed by atoms with Gasteiger partial charge in [-0.3, -0.25) is 0 Å². The number of amides is 1. The minimum absolute atomic E-state index is 0.0000170. The van der Waals surface area contributed by atoms with Crippen molar-refractivity contribution in [3.05, 3.63) is 0 Å². The second kappa shape index (κ2) is 5.05. The lowest BCUT2D eigenvalue weighted by atomic mass is 9.85. The van der Waals surface area contributed by atoms with Crippen LogP contribution in [-0.4, -0.2) is 53.0 Å². The van der Waals surface area contributed by atoms with Crippen LogP contribution < -0.4 is 5.32 Å². The maximum atomic E-state index is 12.2. The fraction of sp³-hybridized carbons (Fsp3) is 0.923. The van der Waals surface area contributed by atoms with E-state index in [-0.39, 0.29) is 24.3 Å². The first-order valence-corrected chi connectivity index (χ1v) is 6.79. The van der Waals surface area contributed by atoms with Crippen molar-refractivity contribution in [2.45, 2.75) is 63.8 Å². The Morgan fingerprint density at radius 2 is 2.11 bits per heavy atom. The van der Waals surface area contributed by atoms with Gasteiger partial charge >= 0.3 is 6.09 Å². The number of nitrogens with one attached hydrogen (secondary N) is 1. The highest BCUT2D eigenvalue weighted by Gasteiger charge is 2.41. The van der Waals surface area contributed by atoms with Gasteiger partial charge < -0.3 is 20.1 Å². The molecule has 1 heterocycles. The van der Waals surface area contributed by atoms with Crippen molar-refractivity contribution >= 4 is 6.09 Å². The third-order valence-electron chi connectivity index (χ3n) is 3.59. The van der Waals surface area contributed by atoms with Crippen LogP contribution in [-0.2, 0) is 4.74 Å². The van der Waals surface area contributed by atoms with Crippen LogP contribution in [0.25, 0.3) is 0 Å². The van der Waals surface area contributed by atoms with E-state index in [1.165, 1.54) is 0 Å². The van der Waals surface area contributed by atoms with Gasteiger partial charge in [-0.05, 0) is 40.0 Å². The van der Waals surface area contributed by atoms with Crippen molar-refractivity contribution in [1.29, 1.82) is 0 Å². The van der Waals surface area contributed by atoms with Crippen LogP contribution >= 0.6 is 0 Å². The number of carbonyl (C=O) groups is 1. The van der Waals surface area contributed by atoms with E-state index in [4.69, 9.17) is 4.74 Å². The molecule has 0 bridgehead atoms. The molecule has 2 N–H and O–H groups in total. The molecule has 18 heavy (non-hydrogen) atoms. The first-order valence-electron chi connectivity index (χ1n) is 6.79. The standard InChI is InChI=1S/C13H24N2O3/c1-13(2,3)18-12(17)15-8-7-14-11-9(15)5-4-6-10(11)16/h9-11,14,16H,4-8H2,1-3H3/t9-,10-,11-/m1/s1. The van der Waals surface area contributed by atoms with Crippen molar-refractivity contribution in [3.63, 3.8) is 0 Å². The van der Waals surface area contributed by atoms with Gasteiger partial charge in [0.2, 0.25) is 0 Å². The number of hydrogen-bond donors (Lipinski definition) is 2. The van der Waals surface area contributed by atoms with Crippen LogP contribution in [0.15, 0.2) is 0 Å². The Morgan fingerprint density at radius 1 is 1.39 bits per heavy atom. The summed E-state index contributed by atoms with van der Waals surface area (Å²) in [4.78, 5) is 14.0. The van der Waals surface area contributed by atoms with E-state index in [1.807, 2.05) is 20.8 Å². The van der Waals surface area contributed by atoms with E-state index < -0.39 is 5.60 Å². The zero-order valence-electron chi connectivity index (χ0n) is 11.5. The van der Waals surface area contributed by atoms with Crippen LogP contribution in [0.2, 0.25) is 0 Å². The smallest absolute Gasteiger partial charge is 0.410 e. The third-order valence-corrected chi connectivity index (χ3v) is 3.59. The van der Waals surface area contributed by atoms with Crippen LogP contribution in [0.3, 0.4) is 0 Å². The molecule has 2 rings (SSSR count). The molecule has 0 aromatic heterocycles. The van der Waals surface area contributed by atoms with Gasteiger partial charge in [-0.2, -0.15) is 0 Å². The number of hydrogen-bond acceptors (Lipinski definition) is 4. The van der Waals surface area contributed by atoms with Crippen molar-refractivity contribution in [3.8, 4) is 0 Å². The quantitative estimate of drug-likeness (QED) is 0.681. The number of rotatable bonds is 0. The summed E-state index contributed by atoms with van der Waals surface area (Å²) in [6, 6.07) is 0.0670. The van der Waals surface area contributed by atoms with Crippen LogP contribution in [0.5, 0.6) is 0 Å². The molecule has 1 aliphatic heterocycles. The fourth-order valence-electron chi connectivity index (χ4n) is 2.84. The third kappa shape index (κ3) is 2.95. The summed E-state index contributed by atoms with van der Waals surface area (Å²) in [7, 11) is 0. The molecular formula is C13H24N2O3. The summed E-state index contributed by atoms with van der Waals surface area (Å²) >= 11 is 0. The predicted molar refractivity (Wildman–Crippen MR) is 68.4 cm³/mol. The molecule has 0 spiro atoms. The summed E-state index contributed by atoms with van der Waals surface area (Å²) in [6.07, 6.45) is 2.11. The number of aliphatic hydroxyl groups is 1. The molecule has 2 aliphatic rings. The van der Waals surface area contributed by atoms with E-state index in [0.29, 0.717) is 6.54 Å². The van der Waals surface area contributed by atoms with Crippen molar-refractivity contribution in [1.82, 2.24) is 10.2 Å². The highest BCUT2D eigenvalue weighted by molar-refractivity contribution is 5.69. The Morgan fingerprint density at radius 3 is 2.78 bits per heavy atom. The zero-order valence-corrected chi connectivity index (χ0v) is 11.5. The number of fused-ring (bicyclic) bond motifs is 1. The van der Waals surface area contributed by atoms with E-state index in [2.05, 4.69) is 5.32 Å². The first kappa shape index (κ1) is 13.6. The molecule has 5 heteroatoms. The van der Waals surface area contributed by atoms with E-state index in [0.717, 1.165) is 25.8 Å².